The number of rotatable bonds is 5. The molecule has 1 N–H and O–H groups in total. The Labute approximate surface area is 155 Å². The minimum atomic E-state index is -0.146. The van der Waals surface area contributed by atoms with Crippen LogP contribution >= 0.6 is 23.1 Å². The molecule has 0 unspecified atom stereocenters. The van der Waals surface area contributed by atoms with E-state index in [9.17, 15) is 4.79 Å². The highest BCUT2D eigenvalue weighted by Gasteiger charge is 2.13. The number of nitrogens with one attached hydrogen (secondary N) is 1. The molecule has 128 valence electrons. The smallest absolute Gasteiger partial charge is 0.257 e. The fourth-order valence-corrected chi connectivity index (χ4v) is 4.00. The van der Waals surface area contributed by atoms with E-state index >= 15 is 0 Å². The first-order valence-corrected chi connectivity index (χ1v) is 9.72. The Morgan fingerprint density at radius 1 is 1.04 bits per heavy atom. The number of aromatic nitrogens is 2. The minimum absolute atomic E-state index is 0.146. The number of thioether (sulfide) groups is 1. The summed E-state index contributed by atoms with van der Waals surface area (Å²) in [5.74, 6) is 0.687. The maximum Gasteiger partial charge on any atom is 0.257 e. The number of carbonyl (C=O) groups excluding carboxylic acids is 1. The lowest BCUT2D eigenvalue weighted by atomic mass is 10.1. The molecule has 0 radical (unpaired) electrons. The third-order valence-corrected chi connectivity index (χ3v) is 5.79. The fourth-order valence-electron chi connectivity index (χ4n) is 2.29. The van der Waals surface area contributed by atoms with Crippen molar-refractivity contribution in [1.82, 2.24) is 10.2 Å². The SMILES string of the molecule is Cc1ccc(CSc2nnc(NC(=O)c3cc(C)ccc3C)s2)cc1. The zero-order valence-electron chi connectivity index (χ0n) is 14.4. The van der Waals surface area contributed by atoms with E-state index in [4.69, 9.17) is 0 Å². The standard InChI is InChI=1S/C19H19N3OS2/c1-12-5-8-15(9-6-12)11-24-19-22-21-18(25-19)20-17(23)16-10-13(2)4-7-14(16)3/h4-10H,11H2,1-3H3,(H,20,21,23). The molecule has 0 fully saturated rings. The average Bonchev–Trinajstić information content (AvgIpc) is 3.04. The molecule has 0 spiro atoms. The molecule has 0 saturated carbocycles. The molecule has 3 rings (SSSR count). The summed E-state index contributed by atoms with van der Waals surface area (Å²) >= 11 is 3.02. The van der Waals surface area contributed by atoms with E-state index in [0.717, 1.165) is 21.2 Å². The van der Waals surface area contributed by atoms with Crippen molar-refractivity contribution in [3.05, 3.63) is 70.3 Å². The molecule has 0 aliphatic carbocycles. The lowest BCUT2D eigenvalue weighted by Crippen LogP contribution is -2.13. The number of amides is 1. The zero-order valence-corrected chi connectivity index (χ0v) is 16.0. The van der Waals surface area contributed by atoms with E-state index in [2.05, 4.69) is 46.7 Å². The van der Waals surface area contributed by atoms with Crippen molar-refractivity contribution in [3.63, 3.8) is 0 Å². The molecule has 1 heterocycles. The number of carbonyl (C=O) groups is 1. The molecule has 1 amide bonds. The highest BCUT2D eigenvalue weighted by atomic mass is 32.2. The van der Waals surface area contributed by atoms with E-state index in [0.29, 0.717) is 10.7 Å². The summed E-state index contributed by atoms with van der Waals surface area (Å²) in [6.45, 7) is 5.98. The van der Waals surface area contributed by atoms with Crippen LogP contribution in [0.15, 0.2) is 46.8 Å². The number of benzene rings is 2. The molecule has 25 heavy (non-hydrogen) atoms. The van der Waals surface area contributed by atoms with Crippen LogP contribution in [0.4, 0.5) is 5.13 Å². The van der Waals surface area contributed by atoms with Crippen LogP contribution in [-0.2, 0) is 5.75 Å². The van der Waals surface area contributed by atoms with Gasteiger partial charge in [0.05, 0.1) is 0 Å². The van der Waals surface area contributed by atoms with Gasteiger partial charge in [-0.1, -0.05) is 70.6 Å². The van der Waals surface area contributed by atoms with Crippen molar-refractivity contribution in [2.45, 2.75) is 30.9 Å². The fraction of sp³-hybridized carbons (Fsp3) is 0.211. The van der Waals surface area contributed by atoms with Gasteiger partial charge >= 0.3 is 0 Å². The number of nitrogens with zero attached hydrogens (tertiary/aromatic N) is 2. The van der Waals surface area contributed by atoms with Gasteiger partial charge in [-0.3, -0.25) is 10.1 Å². The summed E-state index contributed by atoms with van der Waals surface area (Å²) in [6.07, 6.45) is 0. The molecule has 0 aliphatic heterocycles. The van der Waals surface area contributed by atoms with Gasteiger partial charge in [0.2, 0.25) is 5.13 Å². The Balaban J connectivity index is 1.62. The average molecular weight is 370 g/mol. The summed E-state index contributed by atoms with van der Waals surface area (Å²) < 4.78 is 0.844. The van der Waals surface area contributed by atoms with E-state index in [1.165, 1.54) is 22.5 Å². The molecule has 0 bridgehead atoms. The van der Waals surface area contributed by atoms with Gasteiger partial charge in [0.15, 0.2) is 4.34 Å². The molecule has 2 aromatic carbocycles. The van der Waals surface area contributed by atoms with E-state index < -0.39 is 0 Å². The highest BCUT2D eigenvalue weighted by molar-refractivity contribution is 8.00. The summed E-state index contributed by atoms with van der Waals surface area (Å²) in [5, 5.41) is 11.6. The van der Waals surface area contributed by atoms with E-state index in [1.54, 1.807) is 11.8 Å². The van der Waals surface area contributed by atoms with Crippen LogP contribution in [0, 0.1) is 20.8 Å². The first kappa shape index (κ1) is 17.6. The second-order valence-electron chi connectivity index (χ2n) is 5.92. The molecule has 1 aromatic heterocycles. The van der Waals surface area contributed by atoms with Crippen molar-refractivity contribution < 1.29 is 4.79 Å². The van der Waals surface area contributed by atoms with Crippen LogP contribution in [-0.4, -0.2) is 16.1 Å². The molecule has 6 heteroatoms. The quantitative estimate of drug-likeness (QED) is 0.507. The number of hydrogen-bond donors (Lipinski definition) is 1. The second-order valence-corrected chi connectivity index (χ2v) is 8.12. The van der Waals surface area contributed by atoms with Crippen LogP contribution in [0.1, 0.15) is 32.6 Å². The summed E-state index contributed by atoms with van der Waals surface area (Å²) in [7, 11) is 0. The normalized spacial score (nSPS) is 10.7. The van der Waals surface area contributed by atoms with E-state index in [1.807, 2.05) is 32.0 Å². The molecular formula is C19H19N3OS2. The van der Waals surface area contributed by atoms with Gasteiger partial charge in [0.1, 0.15) is 0 Å². The molecule has 0 atom stereocenters. The van der Waals surface area contributed by atoms with Crippen molar-refractivity contribution in [3.8, 4) is 0 Å². The maximum absolute atomic E-state index is 12.4. The number of hydrogen-bond acceptors (Lipinski definition) is 5. The van der Waals surface area contributed by atoms with Crippen LogP contribution in [0.2, 0.25) is 0 Å². The van der Waals surface area contributed by atoms with Gasteiger partial charge in [0, 0.05) is 11.3 Å². The van der Waals surface area contributed by atoms with Crippen LogP contribution in [0.3, 0.4) is 0 Å². The van der Waals surface area contributed by atoms with Crippen LogP contribution < -0.4 is 5.32 Å². The van der Waals surface area contributed by atoms with Crippen molar-refractivity contribution in [2.75, 3.05) is 5.32 Å². The Morgan fingerprint density at radius 3 is 2.52 bits per heavy atom. The van der Waals surface area contributed by atoms with Crippen molar-refractivity contribution >= 4 is 34.1 Å². The van der Waals surface area contributed by atoms with Crippen molar-refractivity contribution in [1.29, 1.82) is 0 Å². The predicted molar refractivity (Wildman–Crippen MR) is 105 cm³/mol. The van der Waals surface area contributed by atoms with Gasteiger partial charge < -0.3 is 0 Å². The summed E-state index contributed by atoms with van der Waals surface area (Å²) in [6, 6.07) is 14.3. The van der Waals surface area contributed by atoms with Crippen LogP contribution in [0.5, 0.6) is 0 Å². The topological polar surface area (TPSA) is 54.9 Å². The molecule has 3 aromatic rings. The first-order chi connectivity index (χ1) is 12.0. The lowest BCUT2D eigenvalue weighted by Gasteiger charge is -2.05. The van der Waals surface area contributed by atoms with Crippen LogP contribution in [0.25, 0.3) is 0 Å². The van der Waals surface area contributed by atoms with Crippen molar-refractivity contribution in [2.24, 2.45) is 0 Å². The Hall–Kier alpha value is -2.18. The Bertz CT molecular complexity index is 888. The Kier molecular flexibility index (Phi) is 5.50. The van der Waals surface area contributed by atoms with E-state index in [-0.39, 0.29) is 5.91 Å². The summed E-state index contributed by atoms with van der Waals surface area (Å²) in [5.41, 5.74) is 5.17. The Morgan fingerprint density at radius 2 is 1.76 bits per heavy atom. The highest BCUT2D eigenvalue weighted by Crippen LogP contribution is 2.28. The molecule has 0 aliphatic rings. The van der Waals surface area contributed by atoms with Gasteiger partial charge in [0.25, 0.3) is 5.91 Å². The second kappa shape index (κ2) is 7.80. The third kappa shape index (κ3) is 4.67. The van der Waals surface area contributed by atoms with Gasteiger partial charge in [-0.15, -0.1) is 10.2 Å². The van der Waals surface area contributed by atoms with Gasteiger partial charge in [-0.2, -0.15) is 0 Å². The predicted octanol–water partition coefficient (Wildman–Crippen LogP) is 5.01. The first-order valence-electron chi connectivity index (χ1n) is 7.92. The minimum Gasteiger partial charge on any atom is -0.296 e. The number of anilines is 1. The van der Waals surface area contributed by atoms with Gasteiger partial charge in [-0.05, 0) is 38.0 Å². The molecule has 0 saturated heterocycles. The molecular weight excluding hydrogens is 350 g/mol. The largest absolute Gasteiger partial charge is 0.296 e. The third-order valence-electron chi connectivity index (χ3n) is 3.75. The monoisotopic (exact) mass is 369 g/mol. The molecule has 4 nitrogen and oxygen atoms in total. The maximum atomic E-state index is 12.4. The van der Waals surface area contributed by atoms with Gasteiger partial charge in [-0.25, -0.2) is 0 Å². The zero-order chi connectivity index (χ0) is 17.8. The number of aryl methyl sites for hydroxylation is 3. The lowest BCUT2D eigenvalue weighted by molar-refractivity contribution is 0.102. The summed E-state index contributed by atoms with van der Waals surface area (Å²) in [4.78, 5) is 12.4.